The molecule has 2 atom stereocenters. The lowest BCUT2D eigenvalue weighted by Gasteiger charge is -2.24. The zero-order valence-electron chi connectivity index (χ0n) is 28.3. The van der Waals surface area contributed by atoms with Gasteiger partial charge in [0, 0.05) is 37.1 Å². The van der Waals surface area contributed by atoms with Crippen molar-refractivity contribution in [1.29, 1.82) is 5.41 Å². The molecule has 0 saturated carbocycles. The number of amides is 2. The number of aryl methyl sites for hydroxylation is 2. The van der Waals surface area contributed by atoms with Crippen molar-refractivity contribution in [2.75, 3.05) is 25.1 Å². The number of amidine groups is 1. The Balaban J connectivity index is 1.48. The first-order valence-electron chi connectivity index (χ1n) is 16.6. The number of hydrogen-bond donors (Lipinski definition) is 2. The van der Waals surface area contributed by atoms with Crippen LogP contribution in [0.2, 0.25) is 0 Å². The Bertz CT molecular complexity index is 1840. The van der Waals surface area contributed by atoms with E-state index in [0.717, 1.165) is 44.1 Å². The van der Waals surface area contributed by atoms with Gasteiger partial charge in [0.15, 0.2) is 11.5 Å². The first-order chi connectivity index (χ1) is 23.4. The molecule has 12 nitrogen and oxygen atoms in total. The van der Waals surface area contributed by atoms with Crippen molar-refractivity contribution in [2.45, 2.75) is 90.9 Å². The fraction of sp³-hybridized carbons (Fsp3) is 0.486. The number of nitrogens with zero attached hydrogens (tertiary/aromatic N) is 6. The molecular formula is C35H42BrFN8O4. The monoisotopic (exact) mass is 736 g/mol. The summed E-state index contributed by atoms with van der Waals surface area (Å²) in [7, 11) is 0. The Morgan fingerprint density at radius 2 is 1.96 bits per heavy atom. The summed E-state index contributed by atoms with van der Waals surface area (Å²) in [5, 5.41) is 15.5. The van der Waals surface area contributed by atoms with Crippen LogP contribution >= 0.6 is 15.9 Å². The lowest BCUT2D eigenvalue weighted by molar-refractivity contribution is -0.137. The Morgan fingerprint density at radius 1 is 1.20 bits per heavy atom. The van der Waals surface area contributed by atoms with Crippen LogP contribution in [0.3, 0.4) is 0 Å². The van der Waals surface area contributed by atoms with Crippen molar-refractivity contribution in [3.05, 3.63) is 51.5 Å². The van der Waals surface area contributed by atoms with Crippen molar-refractivity contribution in [2.24, 2.45) is 4.99 Å². The van der Waals surface area contributed by atoms with Gasteiger partial charge in [-0.3, -0.25) is 29.5 Å². The molecule has 3 aromatic rings. The summed E-state index contributed by atoms with van der Waals surface area (Å²) in [5.74, 6) is -0.869. The van der Waals surface area contributed by atoms with Crippen LogP contribution in [0, 0.1) is 12.3 Å². The number of aromatic nitrogens is 4. The van der Waals surface area contributed by atoms with Crippen LogP contribution in [0.15, 0.2) is 33.9 Å². The van der Waals surface area contributed by atoms with E-state index in [-0.39, 0.29) is 43.4 Å². The Kier molecular flexibility index (Phi) is 11.5. The number of Topliss-reactive ketones (excluding diaryl/α,β-unsaturated/α-hetero) is 1. The zero-order valence-corrected chi connectivity index (χ0v) is 29.9. The van der Waals surface area contributed by atoms with Crippen molar-refractivity contribution in [3.63, 3.8) is 0 Å². The lowest BCUT2D eigenvalue weighted by atomic mass is 10.0. The van der Waals surface area contributed by atoms with Crippen LogP contribution < -0.4 is 5.32 Å². The average Bonchev–Trinajstić information content (AvgIpc) is 3.59. The number of nitrogens with one attached hydrogen (secondary N) is 2. The number of carbonyl (C=O) groups excluding carboxylic acids is 3. The van der Waals surface area contributed by atoms with Crippen molar-refractivity contribution in [3.8, 4) is 0 Å². The van der Waals surface area contributed by atoms with Crippen LogP contribution in [0.1, 0.15) is 86.7 Å². The molecule has 2 aliphatic heterocycles. The number of ether oxygens (including phenoxy) is 1. The number of alkyl halides is 1. The number of rotatable bonds is 5. The molecule has 5 rings (SSSR count). The fourth-order valence-electron chi connectivity index (χ4n) is 6.41. The second-order valence-electron chi connectivity index (χ2n) is 12.7. The molecule has 1 saturated heterocycles. The van der Waals surface area contributed by atoms with Crippen molar-refractivity contribution >= 4 is 67.9 Å². The number of fused-ring (bicyclic) bond motifs is 4. The number of aliphatic imine (C=N–C) groups is 1. The Labute approximate surface area is 293 Å². The molecule has 0 unspecified atom stereocenters. The van der Waals surface area contributed by atoms with Crippen LogP contribution in [-0.4, -0.2) is 85.8 Å². The van der Waals surface area contributed by atoms with E-state index in [1.165, 1.54) is 22.7 Å². The second kappa shape index (κ2) is 15.6. The van der Waals surface area contributed by atoms with Crippen LogP contribution in [0.25, 0.3) is 16.5 Å². The van der Waals surface area contributed by atoms with Gasteiger partial charge in [0.25, 0.3) is 0 Å². The number of allylic oxidation sites excluding steroid dienone is 2. The zero-order chi connectivity index (χ0) is 35.3. The number of anilines is 1. The van der Waals surface area contributed by atoms with E-state index in [4.69, 9.17) is 15.1 Å². The van der Waals surface area contributed by atoms with Gasteiger partial charge in [0.2, 0.25) is 11.8 Å². The first-order valence-corrected chi connectivity index (χ1v) is 17.4. The first kappa shape index (κ1) is 36.1. The summed E-state index contributed by atoms with van der Waals surface area (Å²) in [5.41, 5.74) is 1.24. The molecule has 14 heteroatoms. The van der Waals surface area contributed by atoms with Gasteiger partial charge in [-0.25, -0.2) is 14.4 Å². The van der Waals surface area contributed by atoms with Gasteiger partial charge in [-0.15, -0.1) is 0 Å². The summed E-state index contributed by atoms with van der Waals surface area (Å²) in [4.78, 5) is 55.2. The summed E-state index contributed by atoms with van der Waals surface area (Å²) >= 11 is 3.39. The highest BCUT2D eigenvalue weighted by molar-refractivity contribution is 9.10. The highest BCUT2D eigenvalue weighted by atomic mass is 79.9. The summed E-state index contributed by atoms with van der Waals surface area (Å²) < 4.78 is 24.1. The average molecular weight is 738 g/mol. The normalized spacial score (nSPS) is 21.2. The number of hydrogen-bond acceptors (Lipinski definition) is 8. The highest BCUT2D eigenvalue weighted by Crippen LogP contribution is 2.34. The van der Waals surface area contributed by atoms with Crippen LogP contribution in [0.5, 0.6) is 0 Å². The van der Waals surface area contributed by atoms with Crippen molar-refractivity contribution < 1.29 is 23.5 Å². The summed E-state index contributed by atoms with van der Waals surface area (Å²) in [6.45, 7) is 6.00. The van der Waals surface area contributed by atoms with Gasteiger partial charge in [0.05, 0.1) is 30.1 Å². The van der Waals surface area contributed by atoms with Gasteiger partial charge in [-0.2, -0.15) is 5.10 Å². The van der Waals surface area contributed by atoms with Crippen LogP contribution in [0.4, 0.5) is 10.2 Å². The van der Waals surface area contributed by atoms with Gasteiger partial charge < -0.3 is 15.0 Å². The molecule has 2 aliphatic rings. The molecule has 2 N–H and O–H groups in total. The van der Waals surface area contributed by atoms with E-state index in [1.807, 2.05) is 19.1 Å². The minimum Gasteiger partial charge on any atom is -0.378 e. The highest BCUT2D eigenvalue weighted by Gasteiger charge is 2.50. The third-order valence-corrected chi connectivity index (χ3v) is 9.26. The molecule has 49 heavy (non-hydrogen) atoms. The molecule has 1 fully saturated rings. The van der Waals surface area contributed by atoms with E-state index in [2.05, 4.69) is 36.3 Å². The number of halogens is 2. The van der Waals surface area contributed by atoms with Gasteiger partial charge in [-0.05, 0) is 73.7 Å². The maximum atomic E-state index is 16.4. The largest absolute Gasteiger partial charge is 0.378 e. The topological polar surface area (TPSA) is 156 Å². The molecule has 2 bridgehead atoms. The second-order valence-corrected chi connectivity index (χ2v) is 13.5. The lowest BCUT2D eigenvalue weighted by Crippen LogP contribution is -2.45. The minimum absolute atomic E-state index is 0.128. The van der Waals surface area contributed by atoms with Gasteiger partial charge in [0.1, 0.15) is 34.5 Å². The third kappa shape index (κ3) is 8.53. The van der Waals surface area contributed by atoms with E-state index in [1.54, 1.807) is 26.0 Å². The Morgan fingerprint density at radius 3 is 2.69 bits per heavy atom. The fourth-order valence-corrected chi connectivity index (χ4v) is 6.72. The molecule has 0 spiro atoms. The predicted octanol–water partition coefficient (Wildman–Crippen LogP) is 6.04. The van der Waals surface area contributed by atoms with Crippen molar-refractivity contribution in [1.82, 2.24) is 24.6 Å². The maximum Gasteiger partial charge on any atom is 0.248 e. The summed E-state index contributed by atoms with van der Waals surface area (Å²) in [6, 6.07) is 4.32. The number of likely N-dealkylation sites (tertiary alicyclic amines) is 1. The SMILES string of the molecule is CC=C(C=NC(C)=N)c1cc2c(C(C)=O)nn(CC(=O)N3C[C@@]4(F)COCCCCCCCc5ccc(Br)nc5NC(=O)[C@@H]3C4)c2c(C)n1. The number of ketones is 1. The van der Waals surface area contributed by atoms with Crippen LogP contribution in [-0.2, 0) is 27.3 Å². The summed E-state index contributed by atoms with van der Waals surface area (Å²) in [6.07, 6.45) is 8.56. The van der Waals surface area contributed by atoms with E-state index in [0.29, 0.717) is 44.9 Å². The minimum atomic E-state index is -1.94. The molecule has 2 amide bonds. The quantitative estimate of drug-likeness (QED) is 0.140. The van der Waals surface area contributed by atoms with E-state index in [9.17, 15) is 14.4 Å². The molecule has 5 heterocycles. The molecule has 3 aromatic heterocycles. The molecular weight excluding hydrogens is 695 g/mol. The molecule has 0 radical (unpaired) electrons. The Hall–Kier alpha value is -4.17. The maximum absolute atomic E-state index is 16.4. The van der Waals surface area contributed by atoms with Gasteiger partial charge >= 0.3 is 0 Å². The third-order valence-electron chi connectivity index (χ3n) is 8.82. The number of carbonyl (C=O) groups is 3. The number of pyridine rings is 2. The molecule has 0 aliphatic carbocycles. The van der Waals surface area contributed by atoms with E-state index >= 15 is 4.39 Å². The molecule has 260 valence electrons. The smallest absolute Gasteiger partial charge is 0.248 e. The predicted molar refractivity (Wildman–Crippen MR) is 190 cm³/mol. The molecule has 0 aromatic carbocycles. The van der Waals surface area contributed by atoms with E-state index < -0.39 is 23.5 Å². The standard InChI is InChI=1S/C35H42BrFN8O4/c1-5-24(17-39-23(4)38)27-15-26-31(22(3)46)43-45(32(26)21(2)40-27)18-30(47)44-19-35(37)16-28(44)34(48)42-33-25(12-13-29(36)41-33)11-9-7-6-8-10-14-49-20-35/h5,12-13,15,17,28,38H,6-11,14,16,18-20H2,1-4H3,(H,41,42,48)/t28-,35+/m0/s1. The van der Waals surface area contributed by atoms with Gasteiger partial charge in [-0.1, -0.05) is 31.4 Å².